The van der Waals surface area contributed by atoms with Crippen LogP contribution in [0.3, 0.4) is 0 Å². The van der Waals surface area contributed by atoms with Gasteiger partial charge in [0.25, 0.3) is 0 Å². The van der Waals surface area contributed by atoms with Gasteiger partial charge in [0.2, 0.25) is 0 Å². The van der Waals surface area contributed by atoms with Crippen LogP contribution >= 0.6 is 0 Å². The molecule has 1 aromatic carbocycles. The summed E-state index contributed by atoms with van der Waals surface area (Å²) in [6.45, 7) is 7.89. The lowest BCUT2D eigenvalue weighted by Crippen LogP contribution is -3.05. The number of nitrogens with one attached hydrogen (secondary N) is 1. The molecule has 0 radical (unpaired) electrons. The zero-order valence-electron chi connectivity index (χ0n) is 13.9. The van der Waals surface area contributed by atoms with E-state index in [1.807, 2.05) is 24.3 Å². The fraction of sp³-hybridized carbons (Fsp3) is 0.588. The molecule has 0 aliphatic rings. The number of benzene rings is 1. The lowest BCUT2D eigenvalue weighted by molar-refractivity contribution is -0.858. The fourth-order valence-electron chi connectivity index (χ4n) is 1.85. The van der Waals surface area contributed by atoms with Crippen LogP contribution in [0.5, 0.6) is 5.75 Å². The molecular weight excluding hydrogens is 266 g/mol. The minimum atomic E-state index is -0.316. The molecule has 0 aliphatic heterocycles. The Labute approximate surface area is 128 Å². The van der Waals surface area contributed by atoms with Crippen LogP contribution in [-0.2, 0) is 14.9 Å². The number of carbonyl (C=O) groups is 1. The average Bonchev–Trinajstić information content (AvgIpc) is 2.40. The Kier molecular flexibility index (Phi) is 6.69. The van der Waals surface area contributed by atoms with Crippen molar-refractivity contribution in [1.82, 2.24) is 0 Å². The SMILES string of the molecule is C[NH+](C)CCCOC(=O)COc1ccc(C(C)(C)C)cc1. The maximum Gasteiger partial charge on any atom is 0.344 e. The van der Waals surface area contributed by atoms with E-state index in [1.54, 1.807) is 0 Å². The molecule has 0 unspecified atom stereocenters. The quantitative estimate of drug-likeness (QED) is 0.611. The third kappa shape index (κ3) is 7.14. The molecule has 0 bridgehead atoms. The standard InChI is InChI=1S/C17H27NO3/c1-17(2,3)14-7-9-15(10-8-14)21-13-16(19)20-12-6-11-18(4)5/h7-10H,6,11-13H2,1-5H3/p+1. The second-order valence-electron chi connectivity index (χ2n) is 6.59. The zero-order chi connectivity index (χ0) is 15.9. The molecule has 4 nitrogen and oxygen atoms in total. The number of carbonyl (C=O) groups excluding carboxylic acids is 1. The molecule has 21 heavy (non-hydrogen) atoms. The number of rotatable bonds is 7. The molecule has 0 saturated carbocycles. The van der Waals surface area contributed by atoms with E-state index in [0.29, 0.717) is 12.4 Å². The molecular formula is C17H28NO3+. The van der Waals surface area contributed by atoms with Crippen molar-refractivity contribution in [2.75, 3.05) is 33.9 Å². The molecule has 0 saturated heterocycles. The van der Waals surface area contributed by atoms with Crippen LogP contribution < -0.4 is 9.64 Å². The van der Waals surface area contributed by atoms with Crippen LogP contribution in [0.2, 0.25) is 0 Å². The van der Waals surface area contributed by atoms with Crippen molar-refractivity contribution >= 4 is 5.97 Å². The minimum Gasteiger partial charge on any atom is -0.482 e. The van der Waals surface area contributed by atoms with Gasteiger partial charge in [0, 0.05) is 6.42 Å². The maximum absolute atomic E-state index is 11.5. The highest BCUT2D eigenvalue weighted by molar-refractivity contribution is 5.71. The number of quaternary nitrogens is 1. The Morgan fingerprint density at radius 1 is 1.14 bits per heavy atom. The Morgan fingerprint density at radius 2 is 1.76 bits per heavy atom. The summed E-state index contributed by atoms with van der Waals surface area (Å²) in [6.07, 6.45) is 0.869. The first kappa shape index (κ1) is 17.5. The van der Waals surface area contributed by atoms with Crippen molar-refractivity contribution in [2.24, 2.45) is 0 Å². The second-order valence-corrected chi connectivity index (χ2v) is 6.59. The Bertz CT molecular complexity index is 432. The predicted octanol–water partition coefficient (Wildman–Crippen LogP) is 1.44. The van der Waals surface area contributed by atoms with Gasteiger partial charge in [-0.05, 0) is 23.1 Å². The first-order valence-corrected chi connectivity index (χ1v) is 7.47. The molecule has 0 atom stereocenters. The molecule has 0 spiro atoms. The van der Waals surface area contributed by atoms with E-state index in [0.717, 1.165) is 13.0 Å². The first-order chi connectivity index (χ1) is 9.79. The van der Waals surface area contributed by atoms with Gasteiger partial charge < -0.3 is 14.4 Å². The third-order valence-electron chi connectivity index (χ3n) is 3.16. The van der Waals surface area contributed by atoms with Crippen LogP contribution in [0.25, 0.3) is 0 Å². The Balaban J connectivity index is 2.30. The summed E-state index contributed by atoms with van der Waals surface area (Å²) >= 11 is 0. The summed E-state index contributed by atoms with van der Waals surface area (Å²) in [6, 6.07) is 7.84. The number of ether oxygens (including phenoxy) is 2. The number of esters is 1. The van der Waals surface area contributed by atoms with E-state index in [2.05, 4.69) is 34.9 Å². The topological polar surface area (TPSA) is 40.0 Å². The molecule has 118 valence electrons. The lowest BCUT2D eigenvalue weighted by atomic mass is 9.87. The van der Waals surface area contributed by atoms with Crippen LogP contribution in [0.1, 0.15) is 32.8 Å². The van der Waals surface area contributed by atoms with Gasteiger partial charge in [0.15, 0.2) is 6.61 Å². The molecule has 0 heterocycles. The van der Waals surface area contributed by atoms with Crippen molar-refractivity contribution in [1.29, 1.82) is 0 Å². The number of hydrogen-bond donors (Lipinski definition) is 1. The Hall–Kier alpha value is -1.55. The summed E-state index contributed by atoms with van der Waals surface area (Å²) < 4.78 is 10.5. The molecule has 0 aliphatic carbocycles. The molecule has 1 aromatic rings. The molecule has 0 amide bonds. The van der Waals surface area contributed by atoms with Crippen molar-refractivity contribution in [3.8, 4) is 5.75 Å². The van der Waals surface area contributed by atoms with Crippen molar-refractivity contribution in [3.05, 3.63) is 29.8 Å². The summed E-state index contributed by atoms with van der Waals surface area (Å²) in [5.74, 6) is 0.376. The maximum atomic E-state index is 11.5. The molecule has 1 rings (SSSR count). The molecule has 0 fully saturated rings. The fourth-order valence-corrected chi connectivity index (χ4v) is 1.85. The van der Waals surface area contributed by atoms with Gasteiger partial charge in [-0.2, -0.15) is 0 Å². The van der Waals surface area contributed by atoms with Crippen LogP contribution in [0.15, 0.2) is 24.3 Å². The van der Waals surface area contributed by atoms with E-state index in [9.17, 15) is 4.79 Å². The number of hydrogen-bond acceptors (Lipinski definition) is 3. The summed E-state index contributed by atoms with van der Waals surface area (Å²) in [4.78, 5) is 12.9. The molecule has 0 aromatic heterocycles. The van der Waals surface area contributed by atoms with Gasteiger partial charge in [-0.15, -0.1) is 0 Å². The smallest absolute Gasteiger partial charge is 0.344 e. The minimum absolute atomic E-state index is 0.0380. The molecule has 1 N–H and O–H groups in total. The predicted molar refractivity (Wildman–Crippen MR) is 83.9 cm³/mol. The van der Waals surface area contributed by atoms with E-state index in [1.165, 1.54) is 10.5 Å². The second kappa shape index (κ2) is 8.03. The summed E-state index contributed by atoms with van der Waals surface area (Å²) in [7, 11) is 4.15. The van der Waals surface area contributed by atoms with Crippen LogP contribution in [0.4, 0.5) is 0 Å². The molecule has 4 heteroatoms. The van der Waals surface area contributed by atoms with E-state index < -0.39 is 0 Å². The van der Waals surface area contributed by atoms with E-state index in [-0.39, 0.29) is 18.0 Å². The van der Waals surface area contributed by atoms with Gasteiger partial charge in [-0.3, -0.25) is 0 Å². The van der Waals surface area contributed by atoms with Crippen LogP contribution in [0, 0.1) is 0 Å². The van der Waals surface area contributed by atoms with Gasteiger partial charge in [0.1, 0.15) is 5.75 Å². The largest absolute Gasteiger partial charge is 0.482 e. The lowest BCUT2D eigenvalue weighted by Gasteiger charge is -2.19. The summed E-state index contributed by atoms with van der Waals surface area (Å²) in [5.41, 5.74) is 1.36. The van der Waals surface area contributed by atoms with Crippen molar-refractivity contribution in [3.63, 3.8) is 0 Å². The summed E-state index contributed by atoms with van der Waals surface area (Å²) in [5, 5.41) is 0. The zero-order valence-corrected chi connectivity index (χ0v) is 13.9. The Morgan fingerprint density at radius 3 is 2.29 bits per heavy atom. The van der Waals surface area contributed by atoms with E-state index >= 15 is 0 Å². The van der Waals surface area contributed by atoms with Crippen molar-refractivity contribution in [2.45, 2.75) is 32.6 Å². The normalized spacial score (nSPS) is 11.5. The van der Waals surface area contributed by atoms with Gasteiger partial charge in [-0.1, -0.05) is 32.9 Å². The highest BCUT2D eigenvalue weighted by Gasteiger charge is 2.13. The highest BCUT2D eigenvalue weighted by Crippen LogP contribution is 2.24. The van der Waals surface area contributed by atoms with Gasteiger partial charge >= 0.3 is 5.97 Å². The third-order valence-corrected chi connectivity index (χ3v) is 3.16. The van der Waals surface area contributed by atoms with Gasteiger partial charge in [-0.25, -0.2) is 4.79 Å². The van der Waals surface area contributed by atoms with E-state index in [4.69, 9.17) is 9.47 Å². The first-order valence-electron chi connectivity index (χ1n) is 7.47. The average molecular weight is 294 g/mol. The monoisotopic (exact) mass is 294 g/mol. The van der Waals surface area contributed by atoms with Crippen molar-refractivity contribution < 1.29 is 19.2 Å². The van der Waals surface area contributed by atoms with Crippen LogP contribution in [-0.4, -0.2) is 39.8 Å². The highest BCUT2D eigenvalue weighted by atomic mass is 16.6. The van der Waals surface area contributed by atoms with Gasteiger partial charge in [0.05, 0.1) is 27.2 Å².